The van der Waals surface area contributed by atoms with Gasteiger partial charge < -0.3 is 10.0 Å². The molecule has 2 aromatic rings. The van der Waals surface area contributed by atoms with Crippen molar-refractivity contribution in [2.45, 2.75) is 44.6 Å². The van der Waals surface area contributed by atoms with Crippen molar-refractivity contribution in [3.63, 3.8) is 0 Å². The number of hydroxylamine groups is 1. The van der Waals surface area contributed by atoms with E-state index in [1.807, 2.05) is 6.08 Å². The Morgan fingerprint density at radius 2 is 1.94 bits per heavy atom. The number of carbonyl (C=O) groups excluding carboxylic acids is 1. The Hall–Kier alpha value is -2.84. The van der Waals surface area contributed by atoms with Gasteiger partial charge in [0.15, 0.2) is 0 Å². The average Bonchev–Trinajstić information content (AvgIpc) is 3.53. The van der Waals surface area contributed by atoms with Crippen LogP contribution in [0.2, 0.25) is 0 Å². The number of rotatable bonds is 7. The Kier molecular flexibility index (Phi) is 6.81. The van der Waals surface area contributed by atoms with Crippen molar-refractivity contribution in [3.8, 4) is 0 Å². The van der Waals surface area contributed by atoms with E-state index < -0.39 is 5.91 Å². The highest BCUT2D eigenvalue weighted by atomic mass is 19.1. The molecule has 8 heteroatoms. The van der Waals surface area contributed by atoms with Gasteiger partial charge in [0.2, 0.25) is 5.95 Å². The molecule has 1 aromatic heterocycles. The van der Waals surface area contributed by atoms with Gasteiger partial charge in [0.1, 0.15) is 5.82 Å². The quantitative estimate of drug-likeness (QED) is 0.450. The number of carbonyl (C=O) groups is 1. The van der Waals surface area contributed by atoms with E-state index in [2.05, 4.69) is 20.9 Å². The van der Waals surface area contributed by atoms with Crippen LogP contribution in [0.3, 0.4) is 0 Å². The minimum absolute atomic E-state index is 0.160. The molecule has 1 saturated heterocycles. The smallest absolute Gasteiger partial charge is 0.277 e. The molecule has 0 radical (unpaired) electrons. The molecule has 170 valence electrons. The molecule has 1 aromatic carbocycles. The van der Waals surface area contributed by atoms with E-state index in [1.165, 1.54) is 24.5 Å². The molecule has 1 aliphatic heterocycles. The fourth-order valence-corrected chi connectivity index (χ4v) is 4.46. The third-order valence-corrected chi connectivity index (χ3v) is 6.71. The monoisotopic (exact) mass is 440 g/mol. The summed E-state index contributed by atoms with van der Waals surface area (Å²) in [6, 6.07) is 6.40. The minimum atomic E-state index is -0.628. The summed E-state index contributed by atoms with van der Waals surface area (Å²) in [6.45, 7) is 1.71. The molecule has 3 N–H and O–H groups in total. The molecule has 0 spiro atoms. The normalized spacial score (nSPS) is 25.5. The van der Waals surface area contributed by atoms with Crippen LogP contribution in [0.1, 0.15) is 54.4 Å². The number of aromatic nitrogens is 2. The Morgan fingerprint density at radius 1 is 1.22 bits per heavy atom. The molecule has 3 atom stereocenters. The summed E-state index contributed by atoms with van der Waals surface area (Å²) >= 11 is 0. The van der Waals surface area contributed by atoms with Crippen molar-refractivity contribution in [2.75, 3.05) is 18.0 Å². The van der Waals surface area contributed by atoms with Gasteiger partial charge in [-0.2, -0.15) is 0 Å². The van der Waals surface area contributed by atoms with Crippen LogP contribution in [0.25, 0.3) is 6.08 Å². The van der Waals surface area contributed by atoms with Crippen molar-refractivity contribution < 1.29 is 19.5 Å². The summed E-state index contributed by atoms with van der Waals surface area (Å²) in [5.41, 5.74) is 2.58. The zero-order valence-corrected chi connectivity index (χ0v) is 18.0. The lowest BCUT2D eigenvalue weighted by atomic mass is 9.88. The molecule has 0 bridgehead atoms. The van der Waals surface area contributed by atoms with Gasteiger partial charge in [-0.15, -0.1) is 0 Å². The molecular formula is C24H29FN4O3. The number of nitrogens with one attached hydrogen (secondary N) is 1. The van der Waals surface area contributed by atoms with Gasteiger partial charge in [-0.05, 0) is 62.1 Å². The Morgan fingerprint density at radius 3 is 2.59 bits per heavy atom. The van der Waals surface area contributed by atoms with E-state index in [4.69, 9.17) is 5.21 Å². The van der Waals surface area contributed by atoms with Crippen LogP contribution in [0.5, 0.6) is 0 Å². The number of nitrogens with zero attached hydrogens (tertiary/aromatic N) is 3. The van der Waals surface area contributed by atoms with Gasteiger partial charge >= 0.3 is 0 Å². The van der Waals surface area contributed by atoms with Crippen LogP contribution >= 0.6 is 0 Å². The van der Waals surface area contributed by atoms with E-state index in [0.717, 1.165) is 57.2 Å². The summed E-state index contributed by atoms with van der Waals surface area (Å²) in [6.07, 6.45) is 12.6. The van der Waals surface area contributed by atoms with Crippen molar-refractivity contribution in [3.05, 3.63) is 59.7 Å². The van der Waals surface area contributed by atoms with Crippen LogP contribution in [0.4, 0.5) is 10.3 Å². The first-order valence-electron chi connectivity index (χ1n) is 11.1. The number of halogens is 1. The topological polar surface area (TPSA) is 98.6 Å². The van der Waals surface area contributed by atoms with E-state index in [9.17, 15) is 14.3 Å². The zero-order chi connectivity index (χ0) is 22.6. The number of hydrogen-bond donors (Lipinski definition) is 3. The van der Waals surface area contributed by atoms with Gasteiger partial charge in [0, 0.05) is 30.9 Å². The second-order valence-corrected chi connectivity index (χ2v) is 8.87. The SMILES string of the molecule is O=C(NO)c1cnc(N2CCCC(CCC3(/C=C/c4ccc(F)cc4)CC3O)CC2)nc1. The Bertz CT molecular complexity index is 951. The van der Waals surface area contributed by atoms with Gasteiger partial charge in [-0.3, -0.25) is 10.0 Å². The van der Waals surface area contributed by atoms with Crippen LogP contribution in [0.15, 0.2) is 42.7 Å². The third kappa shape index (κ3) is 5.31. The molecule has 1 amide bonds. The van der Waals surface area contributed by atoms with Gasteiger partial charge in [-0.25, -0.2) is 19.8 Å². The van der Waals surface area contributed by atoms with E-state index >= 15 is 0 Å². The first-order chi connectivity index (χ1) is 15.5. The second-order valence-electron chi connectivity index (χ2n) is 8.87. The van der Waals surface area contributed by atoms with Crippen molar-refractivity contribution >= 4 is 17.9 Å². The van der Waals surface area contributed by atoms with Gasteiger partial charge in [0.25, 0.3) is 5.91 Å². The molecule has 2 heterocycles. The summed E-state index contributed by atoms with van der Waals surface area (Å²) in [7, 11) is 0. The maximum atomic E-state index is 13.1. The van der Waals surface area contributed by atoms with E-state index in [-0.39, 0.29) is 22.9 Å². The zero-order valence-electron chi connectivity index (χ0n) is 18.0. The first kappa shape index (κ1) is 22.4. The maximum absolute atomic E-state index is 13.1. The molecule has 2 aliphatic rings. The fourth-order valence-electron chi connectivity index (χ4n) is 4.46. The van der Waals surface area contributed by atoms with Crippen LogP contribution in [-0.2, 0) is 0 Å². The lowest BCUT2D eigenvalue weighted by Crippen LogP contribution is -2.27. The molecule has 2 fully saturated rings. The molecule has 32 heavy (non-hydrogen) atoms. The van der Waals surface area contributed by atoms with Crippen molar-refractivity contribution in [1.82, 2.24) is 15.4 Å². The third-order valence-electron chi connectivity index (χ3n) is 6.71. The number of benzene rings is 1. The van der Waals surface area contributed by atoms with E-state index in [1.54, 1.807) is 17.6 Å². The molecule has 3 unspecified atom stereocenters. The van der Waals surface area contributed by atoms with Gasteiger partial charge in [0.05, 0.1) is 11.7 Å². The molecule has 4 rings (SSSR count). The number of aliphatic hydroxyl groups excluding tert-OH is 1. The number of amides is 1. The minimum Gasteiger partial charge on any atom is -0.392 e. The van der Waals surface area contributed by atoms with Crippen LogP contribution in [0, 0.1) is 17.2 Å². The molecular weight excluding hydrogens is 411 g/mol. The number of anilines is 1. The summed E-state index contributed by atoms with van der Waals surface area (Å²) < 4.78 is 13.1. The average molecular weight is 441 g/mol. The standard InChI is InChI=1S/C24H29FN4O3/c25-20-5-3-18(4-6-20)8-11-24(14-21(24)30)10-7-17-2-1-12-29(13-9-17)23-26-15-19(16-27-23)22(31)28-32/h3-6,8,11,15-17,21,30,32H,1-2,7,9-10,12-14H2,(H,28,31)/b11-8+. The largest absolute Gasteiger partial charge is 0.392 e. The number of hydrogen-bond acceptors (Lipinski definition) is 6. The highest BCUT2D eigenvalue weighted by Crippen LogP contribution is 2.52. The molecule has 1 saturated carbocycles. The molecule has 7 nitrogen and oxygen atoms in total. The number of aliphatic hydroxyl groups is 1. The lowest BCUT2D eigenvalue weighted by Gasteiger charge is -2.21. The highest BCUT2D eigenvalue weighted by molar-refractivity contribution is 5.92. The van der Waals surface area contributed by atoms with Crippen molar-refractivity contribution in [1.29, 1.82) is 0 Å². The molecule has 1 aliphatic carbocycles. The summed E-state index contributed by atoms with van der Waals surface area (Å²) in [5.74, 6) is 0.291. The summed E-state index contributed by atoms with van der Waals surface area (Å²) in [5, 5.41) is 19.0. The fraction of sp³-hybridized carbons (Fsp3) is 0.458. The predicted molar refractivity (Wildman–Crippen MR) is 119 cm³/mol. The Balaban J connectivity index is 1.30. The lowest BCUT2D eigenvalue weighted by molar-refractivity contribution is 0.0705. The predicted octanol–water partition coefficient (Wildman–Crippen LogP) is 3.59. The highest BCUT2D eigenvalue weighted by Gasteiger charge is 2.50. The first-order valence-corrected chi connectivity index (χ1v) is 11.1. The second kappa shape index (κ2) is 9.75. The van der Waals surface area contributed by atoms with E-state index in [0.29, 0.717) is 11.9 Å². The Labute approximate surface area is 187 Å². The van der Waals surface area contributed by atoms with Gasteiger partial charge in [-0.1, -0.05) is 24.3 Å². The van der Waals surface area contributed by atoms with Crippen molar-refractivity contribution in [2.24, 2.45) is 11.3 Å². The maximum Gasteiger partial charge on any atom is 0.277 e. The van der Waals surface area contributed by atoms with Crippen LogP contribution in [-0.4, -0.2) is 45.4 Å². The van der Waals surface area contributed by atoms with Crippen LogP contribution < -0.4 is 10.4 Å². The summed E-state index contributed by atoms with van der Waals surface area (Å²) in [4.78, 5) is 22.1.